The summed E-state index contributed by atoms with van der Waals surface area (Å²) in [6.45, 7) is 6.25. The van der Waals surface area contributed by atoms with Gasteiger partial charge in [0.1, 0.15) is 0 Å². The molecule has 1 aromatic rings. The van der Waals surface area contributed by atoms with Crippen LogP contribution < -0.4 is 11.1 Å². The molecule has 1 amide bonds. The predicted octanol–water partition coefficient (Wildman–Crippen LogP) is 1.60. The van der Waals surface area contributed by atoms with E-state index < -0.39 is 0 Å². The van der Waals surface area contributed by atoms with Crippen LogP contribution in [0.1, 0.15) is 18.9 Å². The summed E-state index contributed by atoms with van der Waals surface area (Å²) in [4.78, 5) is 14.2. The van der Waals surface area contributed by atoms with E-state index in [0.29, 0.717) is 25.0 Å². The molecule has 104 valence electrons. The number of nitrogens with one attached hydrogen (secondary N) is 1. The summed E-state index contributed by atoms with van der Waals surface area (Å²) < 4.78 is 0. The number of hydrogen-bond donors (Lipinski definition) is 2. The molecule has 4 nitrogen and oxygen atoms in total. The van der Waals surface area contributed by atoms with Crippen molar-refractivity contribution in [1.29, 1.82) is 0 Å². The van der Waals surface area contributed by atoms with E-state index in [1.165, 1.54) is 5.56 Å². The standard InChI is InChI=1S/C15H23N3O/c1-11-3-5-13(6-4-11)17-15(19)10-18-8-7-12(2)14(18)9-16/h3-6,12,14H,7-10,16H2,1-2H3,(H,17,19). The van der Waals surface area contributed by atoms with E-state index in [2.05, 4.69) is 17.1 Å². The number of rotatable bonds is 4. The molecule has 1 aromatic carbocycles. The lowest BCUT2D eigenvalue weighted by Gasteiger charge is -2.24. The Morgan fingerprint density at radius 3 is 2.74 bits per heavy atom. The first kappa shape index (κ1) is 14.0. The topological polar surface area (TPSA) is 58.4 Å². The lowest BCUT2D eigenvalue weighted by atomic mass is 10.0. The molecule has 0 radical (unpaired) electrons. The molecule has 1 heterocycles. The zero-order valence-electron chi connectivity index (χ0n) is 11.7. The highest BCUT2D eigenvalue weighted by atomic mass is 16.2. The Kier molecular flexibility index (Phi) is 4.56. The number of hydrogen-bond acceptors (Lipinski definition) is 3. The van der Waals surface area contributed by atoms with Crippen LogP contribution in [0.4, 0.5) is 5.69 Å². The quantitative estimate of drug-likeness (QED) is 0.865. The van der Waals surface area contributed by atoms with Crippen molar-refractivity contribution in [2.24, 2.45) is 11.7 Å². The van der Waals surface area contributed by atoms with Gasteiger partial charge in [0.25, 0.3) is 0 Å². The Hall–Kier alpha value is -1.39. The first-order valence-electron chi connectivity index (χ1n) is 6.91. The van der Waals surface area contributed by atoms with E-state index in [9.17, 15) is 4.79 Å². The van der Waals surface area contributed by atoms with Gasteiger partial charge in [-0.1, -0.05) is 24.6 Å². The number of amides is 1. The Balaban J connectivity index is 1.89. The lowest BCUT2D eigenvalue weighted by Crippen LogP contribution is -2.42. The highest BCUT2D eigenvalue weighted by Crippen LogP contribution is 2.22. The smallest absolute Gasteiger partial charge is 0.238 e. The second-order valence-electron chi connectivity index (χ2n) is 5.45. The third-order valence-electron chi connectivity index (χ3n) is 3.92. The van der Waals surface area contributed by atoms with Crippen molar-refractivity contribution in [1.82, 2.24) is 4.90 Å². The van der Waals surface area contributed by atoms with E-state index in [4.69, 9.17) is 5.73 Å². The number of nitrogens with two attached hydrogens (primary N) is 1. The van der Waals surface area contributed by atoms with E-state index in [0.717, 1.165) is 18.7 Å². The number of nitrogens with zero attached hydrogens (tertiary/aromatic N) is 1. The molecule has 0 bridgehead atoms. The molecule has 19 heavy (non-hydrogen) atoms. The molecule has 4 heteroatoms. The number of anilines is 1. The number of carbonyl (C=O) groups excluding carboxylic acids is 1. The largest absolute Gasteiger partial charge is 0.329 e. The second kappa shape index (κ2) is 6.17. The van der Waals surface area contributed by atoms with Crippen molar-refractivity contribution < 1.29 is 4.79 Å². The van der Waals surface area contributed by atoms with Crippen LogP contribution in [0, 0.1) is 12.8 Å². The van der Waals surface area contributed by atoms with Crippen LogP contribution in [-0.2, 0) is 4.79 Å². The van der Waals surface area contributed by atoms with E-state index in [1.807, 2.05) is 31.2 Å². The van der Waals surface area contributed by atoms with Gasteiger partial charge in [-0.3, -0.25) is 9.69 Å². The molecule has 1 fully saturated rings. The van der Waals surface area contributed by atoms with Gasteiger partial charge in [-0.25, -0.2) is 0 Å². The van der Waals surface area contributed by atoms with E-state index >= 15 is 0 Å². The lowest BCUT2D eigenvalue weighted by molar-refractivity contribution is -0.117. The van der Waals surface area contributed by atoms with Gasteiger partial charge in [-0.05, 0) is 37.9 Å². The Bertz CT molecular complexity index is 430. The van der Waals surface area contributed by atoms with Crippen molar-refractivity contribution in [3.63, 3.8) is 0 Å². The first-order valence-corrected chi connectivity index (χ1v) is 6.91. The zero-order valence-corrected chi connectivity index (χ0v) is 11.7. The van der Waals surface area contributed by atoms with Crippen LogP contribution in [0.2, 0.25) is 0 Å². The molecule has 1 aliphatic rings. The molecular formula is C15H23N3O. The summed E-state index contributed by atoms with van der Waals surface area (Å²) in [5.41, 5.74) is 7.83. The van der Waals surface area contributed by atoms with Gasteiger partial charge >= 0.3 is 0 Å². The minimum Gasteiger partial charge on any atom is -0.329 e. The van der Waals surface area contributed by atoms with E-state index in [-0.39, 0.29) is 5.91 Å². The molecule has 1 aliphatic heterocycles. The maximum Gasteiger partial charge on any atom is 0.238 e. The van der Waals surface area contributed by atoms with Crippen molar-refractivity contribution in [3.05, 3.63) is 29.8 Å². The fraction of sp³-hybridized carbons (Fsp3) is 0.533. The van der Waals surface area contributed by atoms with Gasteiger partial charge in [-0.15, -0.1) is 0 Å². The average molecular weight is 261 g/mol. The minimum absolute atomic E-state index is 0.0383. The third-order valence-corrected chi connectivity index (χ3v) is 3.92. The van der Waals surface area contributed by atoms with Crippen LogP contribution in [0.3, 0.4) is 0 Å². The molecular weight excluding hydrogens is 238 g/mol. The van der Waals surface area contributed by atoms with Crippen molar-refractivity contribution >= 4 is 11.6 Å². The van der Waals surface area contributed by atoms with Gasteiger partial charge < -0.3 is 11.1 Å². The van der Waals surface area contributed by atoms with Crippen LogP contribution in [-0.4, -0.2) is 36.5 Å². The van der Waals surface area contributed by atoms with Crippen LogP contribution in [0.15, 0.2) is 24.3 Å². The molecule has 0 spiro atoms. The third kappa shape index (κ3) is 3.55. The summed E-state index contributed by atoms with van der Waals surface area (Å²) in [6.07, 6.45) is 1.12. The predicted molar refractivity (Wildman–Crippen MR) is 78.0 cm³/mol. The van der Waals surface area contributed by atoms with E-state index in [1.54, 1.807) is 0 Å². The molecule has 2 unspecified atom stereocenters. The summed E-state index contributed by atoms with van der Waals surface area (Å²) in [7, 11) is 0. The van der Waals surface area contributed by atoms with Gasteiger partial charge in [-0.2, -0.15) is 0 Å². The van der Waals surface area contributed by atoms with Gasteiger partial charge in [0.2, 0.25) is 5.91 Å². The van der Waals surface area contributed by atoms with Gasteiger partial charge in [0.05, 0.1) is 6.54 Å². The summed E-state index contributed by atoms with van der Waals surface area (Å²) in [6, 6.07) is 8.19. The van der Waals surface area contributed by atoms with Crippen molar-refractivity contribution in [2.75, 3.05) is 25.0 Å². The number of aryl methyl sites for hydroxylation is 1. The molecule has 2 rings (SSSR count). The summed E-state index contributed by atoms with van der Waals surface area (Å²) >= 11 is 0. The minimum atomic E-state index is 0.0383. The Morgan fingerprint density at radius 1 is 1.42 bits per heavy atom. The SMILES string of the molecule is Cc1ccc(NC(=O)CN2CCC(C)C2CN)cc1. The fourth-order valence-electron chi connectivity index (χ4n) is 2.69. The maximum absolute atomic E-state index is 12.0. The van der Waals surface area contributed by atoms with Gasteiger partial charge in [0.15, 0.2) is 0 Å². The average Bonchev–Trinajstić information content (AvgIpc) is 2.72. The van der Waals surface area contributed by atoms with Crippen molar-refractivity contribution in [3.8, 4) is 0 Å². The number of likely N-dealkylation sites (tertiary alicyclic amines) is 1. The summed E-state index contributed by atoms with van der Waals surface area (Å²) in [5.74, 6) is 0.619. The molecule has 0 aliphatic carbocycles. The highest BCUT2D eigenvalue weighted by molar-refractivity contribution is 5.92. The monoisotopic (exact) mass is 261 g/mol. The zero-order chi connectivity index (χ0) is 13.8. The second-order valence-corrected chi connectivity index (χ2v) is 5.45. The molecule has 1 saturated heterocycles. The molecule has 0 aromatic heterocycles. The maximum atomic E-state index is 12.0. The highest BCUT2D eigenvalue weighted by Gasteiger charge is 2.30. The number of carbonyl (C=O) groups is 1. The molecule has 3 N–H and O–H groups in total. The van der Waals surface area contributed by atoms with Gasteiger partial charge in [0, 0.05) is 18.3 Å². The Morgan fingerprint density at radius 2 is 2.11 bits per heavy atom. The molecule has 0 saturated carbocycles. The van der Waals surface area contributed by atoms with Crippen LogP contribution in [0.5, 0.6) is 0 Å². The molecule has 2 atom stereocenters. The normalized spacial score (nSPS) is 23.5. The number of benzene rings is 1. The fourth-order valence-corrected chi connectivity index (χ4v) is 2.69. The van der Waals surface area contributed by atoms with Crippen LogP contribution in [0.25, 0.3) is 0 Å². The Labute approximate surface area is 115 Å². The first-order chi connectivity index (χ1) is 9.10. The van der Waals surface area contributed by atoms with Crippen LogP contribution >= 0.6 is 0 Å². The summed E-state index contributed by atoms with van der Waals surface area (Å²) in [5, 5.41) is 2.93. The van der Waals surface area contributed by atoms with Crippen molar-refractivity contribution in [2.45, 2.75) is 26.3 Å².